The van der Waals surface area contributed by atoms with E-state index >= 15 is 0 Å². The van der Waals surface area contributed by atoms with Crippen molar-refractivity contribution < 1.29 is 9.84 Å². The van der Waals surface area contributed by atoms with Crippen molar-refractivity contribution >= 4 is 0 Å². The Kier molecular flexibility index (Phi) is 2.61. The Morgan fingerprint density at radius 2 is 2.00 bits per heavy atom. The van der Waals surface area contributed by atoms with Crippen LogP contribution in [0.1, 0.15) is 52.9 Å². The molecule has 4 aliphatic rings. The highest BCUT2D eigenvalue weighted by molar-refractivity contribution is 5.06. The lowest BCUT2D eigenvalue weighted by Gasteiger charge is -2.48. The number of rotatable bonds is 1. The van der Waals surface area contributed by atoms with Crippen LogP contribution in [0.4, 0.5) is 0 Å². The molecule has 4 rings (SSSR count). The summed E-state index contributed by atoms with van der Waals surface area (Å²) in [6.07, 6.45) is 6.42. The summed E-state index contributed by atoms with van der Waals surface area (Å²) in [4.78, 5) is 0. The van der Waals surface area contributed by atoms with Crippen LogP contribution in [0.25, 0.3) is 0 Å². The monoisotopic (exact) mass is 238 g/mol. The van der Waals surface area contributed by atoms with Crippen molar-refractivity contribution in [1.82, 2.24) is 0 Å². The first-order valence-electron chi connectivity index (χ1n) is 7.29. The molecule has 2 bridgehead atoms. The molecule has 0 unspecified atom stereocenters. The Morgan fingerprint density at radius 1 is 1.24 bits per heavy atom. The van der Waals surface area contributed by atoms with Gasteiger partial charge in [0, 0.05) is 0 Å². The van der Waals surface area contributed by atoms with Crippen LogP contribution in [0.5, 0.6) is 0 Å². The summed E-state index contributed by atoms with van der Waals surface area (Å²) in [6, 6.07) is 0. The van der Waals surface area contributed by atoms with Gasteiger partial charge in [-0.1, -0.05) is 13.3 Å². The molecule has 0 spiro atoms. The molecular formula is C15H26O2. The van der Waals surface area contributed by atoms with Crippen molar-refractivity contribution in [3.05, 3.63) is 0 Å². The molecule has 2 heterocycles. The normalized spacial score (nSPS) is 57.9. The molecule has 17 heavy (non-hydrogen) atoms. The van der Waals surface area contributed by atoms with Crippen molar-refractivity contribution in [3.63, 3.8) is 0 Å². The largest absolute Gasteiger partial charge is 0.393 e. The summed E-state index contributed by atoms with van der Waals surface area (Å²) < 4.78 is 6.45. The van der Waals surface area contributed by atoms with Crippen LogP contribution < -0.4 is 0 Å². The van der Waals surface area contributed by atoms with Crippen LogP contribution in [0.2, 0.25) is 0 Å². The maximum absolute atomic E-state index is 9.72. The minimum Gasteiger partial charge on any atom is -0.393 e. The van der Waals surface area contributed by atoms with Crippen LogP contribution in [-0.2, 0) is 4.74 Å². The van der Waals surface area contributed by atoms with E-state index in [9.17, 15) is 5.11 Å². The number of hydrogen-bond donors (Lipinski definition) is 1. The third-order valence-corrected chi connectivity index (χ3v) is 6.15. The molecule has 6 atom stereocenters. The van der Waals surface area contributed by atoms with Gasteiger partial charge in [-0.15, -0.1) is 0 Å². The van der Waals surface area contributed by atoms with E-state index in [1.54, 1.807) is 0 Å². The number of fused-ring (bicyclic) bond motifs is 2. The van der Waals surface area contributed by atoms with E-state index in [4.69, 9.17) is 4.74 Å². The molecule has 2 aliphatic heterocycles. The number of hydrogen-bond acceptors (Lipinski definition) is 2. The Bertz CT molecular complexity index is 316. The predicted octanol–water partition coefficient (Wildman–Crippen LogP) is 2.99. The molecule has 0 radical (unpaired) electrons. The quantitative estimate of drug-likeness (QED) is 0.761. The van der Waals surface area contributed by atoms with E-state index in [1.807, 2.05) is 0 Å². The smallest absolute Gasteiger partial charge is 0.0919 e. The van der Waals surface area contributed by atoms with E-state index in [1.165, 1.54) is 32.1 Å². The highest BCUT2D eigenvalue weighted by Crippen LogP contribution is 2.58. The van der Waals surface area contributed by atoms with Crippen molar-refractivity contribution in [2.75, 3.05) is 6.61 Å². The molecule has 2 aliphatic carbocycles. The van der Waals surface area contributed by atoms with E-state index < -0.39 is 0 Å². The van der Waals surface area contributed by atoms with Gasteiger partial charge in [0.1, 0.15) is 0 Å². The molecule has 1 N–H and O–H groups in total. The SMILES string of the molecule is C[C@@H]1CC[C@@H]2[C@@H]1C[C@H]1CC[C@@]2(C)O[C@@]1(C)CO. The molecule has 0 aromatic heterocycles. The van der Waals surface area contributed by atoms with Crippen LogP contribution in [0.3, 0.4) is 0 Å². The van der Waals surface area contributed by atoms with Crippen LogP contribution in [0, 0.1) is 23.7 Å². The van der Waals surface area contributed by atoms with Gasteiger partial charge in [-0.05, 0) is 63.2 Å². The van der Waals surface area contributed by atoms with Crippen molar-refractivity contribution in [1.29, 1.82) is 0 Å². The lowest BCUT2D eigenvalue weighted by atomic mass is 9.78. The third kappa shape index (κ3) is 1.60. The van der Waals surface area contributed by atoms with Crippen LogP contribution >= 0.6 is 0 Å². The van der Waals surface area contributed by atoms with Gasteiger partial charge in [-0.3, -0.25) is 0 Å². The van der Waals surface area contributed by atoms with E-state index in [2.05, 4.69) is 20.8 Å². The summed E-state index contributed by atoms with van der Waals surface area (Å²) in [5, 5.41) is 9.72. The Labute approximate surface area is 105 Å². The molecule has 0 aromatic rings. The summed E-state index contributed by atoms with van der Waals surface area (Å²) >= 11 is 0. The average Bonchev–Trinajstić information content (AvgIpc) is 2.53. The van der Waals surface area contributed by atoms with Gasteiger partial charge in [-0.25, -0.2) is 0 Å². The summed E-state index contributed by atoms with van der Waals surface area (Å²) in [6.45, 7) is 7.02. The number of ether oxygens (including phenoxy) is 1. The second-order valence-electron chi connectivity index (χ2n) is 7.18. The van der Waals surface area contributed by atoms with Gasteiger partial charge in [-0.2, -0.15) is 0 Å². The zero-order chi connectivity index (χ0) is 12.3. The van der Waals surface area contributed by atoms with Crippen molar-refractivity contribution in [2.24, 2.45) is 23.7 Å². The first-order valence-corrected chi connectivity index (χ1v) is 7.29. The standard InChI is InChI=1S/C15H26O2/c1-10-4-5-13-12(10)8-11-6-7-14(13,2)17-15(11,3)9-16/h10-13,16H,4-9H2,1-3H3/t10-,11-,12-,13-,14-,15+/m1/s1. The molecule has 0 aromatic carbocycles. The minimum atomic E-state index is -0.281. The molecule has 2 nitrogen and oxygen atoms in total. The van der Waals surface area contributed by atoms with E-state index in [0.717, 1.165) is 17.8 Å². The lowest BCUT2D eigenvalue weighted by molar-refractivity contribution is -0.221. The third-order valence-electron chi connectivity index (χ3n) is 6.15. The van der Waals surface area contributed by atoms with E-state index in [-0.39, 0.29) is 17.8 Å². The molecular weight excluding hydrogens is 212 g/mol. The molecule has 4 fully saturated rings. The summed E-state index contributed by atoms with van der Waals surface area (Å²) in [5.41, 5.74) is -0.253. The Morgan fingerprint density at radius 3 is 2.71 bits per heavy atom. The zero-order valence-electron chi connectivity index (χ0n) is 11.4. The average molecular weight is 238 g/mol. The van der Waals surface area contributed by atoms with Crippen molar-refractivity contribution in [3.8, 4) is 0 Å². The van der Waals surface area contributed by atoms with Gasteiger partial charge in [0.15, 0.2) is 0 Å². The van der Waals surface area contributed by atoms with Crippen LogP contribution in [-0.4, -0.2) is 22.9 Å². The van der Waals surface area contributed by atoms with E-state index in [0.29, 0.717) is 5.92 Å². The minimum absolute atomic E-state index is 0.0277. The van der Waals surface area contributed by atoms with Gasteiger partial charge in [0.05, 0.1) is 17.8 Å². The first-order chi connectivity index (χ1) is 7.98. The summed E-state index contributed by atoms with van der Waals surface area (Å²) in [5.74, 6) is 2.98. The van der Waals surface area contributed by atoms with Crippen LogP contribution in [0.15, 0.2) is 0 Å². The second kappa shape index (κ2) is 3.71. The molecule has 2 saturated heterocycles. The maximum atomic E-state index is 9.72. The number of aliphatic hydroxyl groups is 1. The fraction of sp³-hybridized carbons (Fsp3) is 1.00. The molecule has 98 valence electrons. The molecule has 0 amide bonds. The zero-order valence-corrected chi connectivity index (χ0v) is 11.4. The second-order valence-corrected chi connectivity index (χ2v) is 7.18. The van der Waals surface area contributed by atoms with Gasteiger partial charge >= 0.3 is 0 Å². The Hall–Kier alpha value is -0.0800. The fourth-order valence-electron chi connectivity index (χ4n) is 4.97. The lowest BCUT2D eigenvalue weighted by Crippen LogP contribution is -2.53. The summed E-state index contributed by atoms with van der Waals surface area (Å²) in [7, 11) is 0. The molecule has 2 saturated carbocycles. The highest BCUT2D eigenvalue weighted by Gasteiger charge is 2.57. The predicted molar refractivity (Wildman–Crippen MR) is 67.7 cm³/mol. The topological polar surface area (TPSA) is 29.5 Å². The van der Waals surface area contributed by atoms with Gasteiger partial charge in [0.2, 0.25) is 0 Å². The van der Waals surface area contributed by atoms with Gasteiger partial charge in [0.25, 0.3) is 0 Å². The van der Waals surface area contributed by atoms with Gasteiger partial charge < -0.3 is 9.84 Å². The molecule has 2 heteroatoms. The fourth-order valence-corrected chi connectivity index (χ4v) is 4.97. The highest BCUT2D eigenvalue weighted by atomic mass is 16.5. The maximum Gasteiger partial charge on any atom is 0.0919 e. The number of aliphatic hydroxyl groups excluding tert-OH is 1. The van der Waals surface area contributed by atoms with Crippen molar-refractivity contribution in [2.45, 2.75) is 64.1 Å². The first kappa shape index (κ1) is 12.0. The Balaban J connectivity index is 1.97.